The number of fused-ring (bicyclic) bond motifs is 1. The normalized spacial score (nSPS) is 13.6. The number of furan rings is 1. The molecule has 1 aromatic carbocycles. The number of hydrogen-bond acceptors (Lipinski definition) is 7. The van der Waals surface area contributed by atoms with Crippen LogP contribution in [0.25, 0.3) is 0 Å². The van der Waals surface area contributed by atoms with Crippen molar-refractivity contribution in [1.82, 2.24) is 15.5 Å². The minimum atomic E-state index is 0.613. The molecule has 0 unspecified atom stereocenters. The molecule has 0 fully saturated rings. The number of aryl methyl sites for hydroxylation is 2. The Labute approximate surface area is 180 Å². The second-order valence-electron chi connectivity index (χ2n) is 7.16. The van der Waals surface area contributed by atoms with E-state index in [-0.39, 0.29) is 0 Å². The number of benzene rings is 1. The molecule has 0 saturated carbocycles. The van der Waals surface area contributed by atoms with Gasteiger partial charge in [-0.2, -0.15) is 4.98 Å². The maximum absolute atomic E-state index is 5.79. The van der Waals surface area contributed by atoms with Crippen molar-refractivity contribution < 1.29 is 18.4 Å². The van der Waals surface area contributed by atoms with Crippen LogP contribution in [-0.2, 0) is 12.8 Å². The van der Waals surface area contributed by atoms with Crippen LogP contribution in [0.5, 0.6) is 11.5 Å². The molecule has 0 spiro atoms. The number of guanidine groups is 1. The van der Waals surface area contributed by atoms with Crippen LogP contribution in [0.15, 0.2) is 50.5 Å². The molecular formula is C22H27N5O4. The lowest BCUT2D eigenvalue weighted by molar-refractivity contribution is 0.297. The molecule has 0 aliphatic carbocycles. The van der Waals surface area contributed by atoms with Crippen LogP contribution in [-0.4, -0.2) is 42.4 Å². The van der Waals surface area contributed by atoms with Crippen LogP contribution < -0.4 is 20.1 Å². The number of ether oxygens (including phenoxy) is 2. The SMILES string of the molecule is Cc1noc(CCCN=C(NCCc2ccco2)Nc2ccc3c(c2)OCCCO3)n1. The summed E-state index contributed by atoms with van der Waals surface area (Å²) in [5, 5.41) is 10.5. The summed E-state index contributed by atoms with van der Waals surface area (Å²) >= 11 is 0. The summed E-state index contributed by atoms with van der Waals surface area (Å²) in [6, 6.07) is 9.66. The second kappa shape index (κ2) is 10.5. The highest BCUT2D eigenvalue weighted by Crippen LogP contribution is 2.32. The minimum Gasteiger partial charge on any atom is -0.490 e. The van der Waals surface area contributed by atoms with Crippen molar-refractivity contribution in [2.24, 2.45) is 4.99 Å². The summed E-state index contributed by atoms with van der Waals surface area (Å²) in [7, 11) is 0. The summed E-state index contributed by atoms with van der Waals surface area (Å²) in [6.07, 6.45) is 4.80. The Bertz CT molecular complexity index is 984. The van der Waals surface area contributed by atoms with Gasteiger partial charge >= 0.3 is 0 Å². The predicted octanol–water partition coefficient (Wildman–Crippen LogP) is 3.37. The number of nitrogens with zero attached hydrogens (tertiary/aromatic N) is 3. The molecule has 3 heterocycles. The van der Waals surface area contributed by atoms with Crippen LogP contribution in [0, 0.1) is 6.92 Å². The third-order valence-electron chi connectivity index (χ3n) is 4.64. The first-order valence-corrected chi connectivity index (χ1v) is 10.5. The standard InChI is InChI=1S/C22H27N5O4/c1-16-25-21(31-27-16)6-2-10-23-22(24-11-9-18-5-3-12-28-18)26-17-7-8-19-20(15-17)30-14-4-13-29-19/h3,5,7-8,12,15H,2,4,6,9-11,13-14H2,1H3,(H2,23,24,26). The molecule has 2 N–H and O–H groups in total. The Morgan fingerprint density at radius 1 is 1.13 bits per heavy atom. The zero-order chi connectivity index (χ0) is 21.3. The van der Waals surface area contributed by atoms with Crippen LogP contribution in [0.2, 0.25) is 0 Å². The van der Waals surface area contributed by atoms with Crippen LogP contribution in [0.3, 0.4) is 0 Å². The van der Waals surface area contributed by atoms with Gasteiger partial charge in [-0.05, 0) is 37.6 Å². The van der Waals surface area contributed by atoms with Crippen LogP contribution >= 0.6 is 0 Å². The molecule has 1 aliphatic heterocycles. The largest absolute Gasteiger partial charge is 0.490 e. The maximum Gasteiger partial charge on any atom is 0.226 e. The van der Waals surface area contributed by atoms with Crippen LogP contribution in [0.4, 0.5) is 5.69 Å². The molecular weight excluding hydrogens is 398 g/mol. The van der Waals surface area contributed by atoms with Crippen molar-refractivity contribution in [3.05, 3.63) is 54.1 Å². The fourth-order valence-corrected chi connectivity index (χ4v) is 3.14. The Hall–Kier alpha value is -3.49. The first-order valence-electron chi connectivity index (χ1n) is 10.5. The van der Waals surface area contributed by atoms with E-state index in [1.54, 1.807) is 6.26 Å². The fraction of sp³-hybridized carbons (Fsp3) is 0.409. The monoisotopic (exact) mass is 425 g/mol. The van der Waals surface area contributed by atoms with Gasteiger partial charge in [0.25, 0.3) is 0 Å². The lowest BCUT2D eigenvalue weighted by atomic mass is 10.2. The van der Waals surface area contributed by atoms with Gasteiger partial charge in [0.05, 0.1) is 19.5 Å². The van der Waals surface area contributed by atoms with E-state index in [0.29, 0.717) is 50.4 Å². The summed E-state index contributed by atoms with van der Waals surface area (Å²) in [5.74, 6) is 4.40. The number of nitrogens with one attached hydrogen (secondary N) is 2. The molecule has 9 nitrogen and oxygen atoms in total. The molecule has 0 atom stereocenters. The van der Waals surface area contributed by atoms with Crippen molar-refractivity contribution >= 4 is 11.6 Å². The van der Waals surface area contributed by atoms with Gasteiger partial charge in [-0.3, -0.25) is 4.99 Å². The van der Waals surface area contributed by atoms with Crippen molar-refractivity contribution in [1.29, 1.82) is 0 Å². The van der Waals surface area contributed by atoms with E-state index in [9.17, 15) is 0 Å². The summed E-state index contributed by atoms with van der Waals surface area (Å²) in [6.45, 7) is 4.43. The summed E-state index contributed by atoms with van der Waals surface area (Å²) in [5.41, 5.74) is 0.876. The third-order valence-corrected chi connectivity index (χ3v) is 4.64. The maximum atomic E-state index is 5.79. The number of aliphatic imine (C=N–C) groups is 1. The topological polar surface area (TPSA) is 107 Å². The zero-order valence-electron chi connectivity index (χ0n) is 17.6. The highest BCUT2D eigenvalue weighted by molar-refractivity contribution is 5.94. The molecule has 0 saturated heterocycles. The van der Waals surface area contributed by atoms with Gasteiger partial charge in [0.15, 0.2) is 23.3 Å². The average Bonchev–Trinajstić information content (AvgIpc) is 3.37. The van der Waals surface area contributed by atoms with Gasteiger partial charge in [-0.15, -0.1) is 0 Å². The van der Waals surface area contributed by atoms with Crippen molar-refractivity contribution in [2.75, 3.05) is 31.6 Å². The van der Waals surface area contributed by atoms with E-state index in [1.165, 1.54) is 0 Å². The van der Waals surface area contributed by atoms with E-state index < -0.39 is 0 Å². The smallest absolute Gasteiger partial charge is 0.226 e. The van der Waals surface area contributed by atoms with Crippen LogP contribution in [0.1, 0.15) is 30.3 Å². The molecule has 4 rings (SSSR count). The van der Waals surface area contributed by atoms with Gasteiger partial charge in [0, 0.05) is 44.1 Å². The van der Waals surface area contributed by atoms with Gasteiger partial charge in [0.2, 0.25) is 5.89 Å². The fourth-order valence-electron chi connectivity index (χ4n) is 3.14. The molecule has 0 amide bonds. The first kappa shape index (κ1) is 20.8. The van der Waals surface area contributed by atoms with E-state index in [2.05, 4.69) is 20.8 Å². The number of aromatic nitrogens is 2. The van der Waals surface area contributed by atoms with Gasteiger partial charge in [-0.25, -0.2) is 0 Å². The molecule has 3 aromatic rings. The van der Waals surface area contributed by atoms with Crippen molar-refractivity contribution in [3.63, 3.8) is 0 Å². The molecule has 164 valence electrons. The Balaban J connectivity index is 1.37. The third kappa shape index (κ3) is 6.24. The van der Waals surface area contributed by atoms with Crippen molar-refractivity contribution in [2.45, 2.75) is 32.6 Å². The van der Waals surface area contributed by atoms with Gasteiger partial charge < -0.3 is 29.0 Å². The molecule has 31 heavy (non-hydrogen) atoms. The highest BCUT2D eigenvalue weighted by atomic mass is 16.5. The average molecular weight is 425 g/mol. The highest BCUT2D eigenvalue weighted by Gasteiger charge is 2.11. The predicted molar refractivity (Wildman–Crippen MR) is 116 cm³/mol. The molecule has 2 aromatic heterocycles. The molecule has 0 bridgehead atoms. The number of anilines is 1. The second-order valence-corrected chi connectivity index (χ2v) is 7.16. The summed E-state index contributed by atoms with van der Waals surface area (Å²) < 4.78 is 22.1. The Morgan fingerprint density at radius 2 is 2.03 bits per heavy atom. The molecule has 0 radical (unpaired) electrons. The zero-order valence-corrected chi connectivity index (χ0v) is 17.6. The van der Waals surface area contributed by atoms with E-state index in [4.69, 9.17) is 23.4 Å². The quantitative estimate of drug-likeness (QED) is 0.321. The van der Waals surface area contributed by atoms with Crippen molar-refractivity contribution in [3.8, 4) is 11.5 Å². The minimum absolute atomic E-state index is 0.613. The van der Waals surface area contributed by atoms with E-state index in [0.717, 1.165) is 42.2 Å². The van der Waals surface area contributed by atoms with E-state index >= 15 is 0 Å². The van der Waals surface area contributed by atoms with E-state index in [1.807, 2.05) is 37.3 Å². The Morgan fingerprint density at radius 3 is 2.84 bits per heavy atom. The van der Waals surface area contributed by atoms with Gasteiger partial charge in [-0.1, -0.05) is 5.16 Å². The number of hydrogen-bond donors (Lipinski definition) is 2. The van der Waals surface area contributed by atoms with Gasteiger partial charge in [0.1, 0.15) is 5.76 Å². The summed E-state index contributed by atoms with van der Waals surface area (Å²) in [4.78, 5) is 8.92. The molecule has 9 heteroatoms. The molecule has 1 aliphatic rings. The Kier molecular flexibility index (Phi) is 7.04. The number of rotatable bonds is 8. The lowest BCUT2D eigenvalue weighted by Crippen LogP contribution is -2.32. The first-order chi connectivity index (χ1) is 15.3. The lowest BCUT2D eigenvalue weighted by Gasteiger charge is -2.14.